The van der Waals surface area contributed by atoms with Gasteiger partial charge in [0.2, 0.25) is 8.32 Å². The van der Waals surface area contributed by atoms with Gasteiger partial charge in [-0.05, 0) is 91.6 Å². The van der Waals surface area contributed by atoms with E-state index in [4.69, 9.17) is 9.16 Å². The van der Waals surface area contributed by atoms with Crippen molar-refractivity contribution in [1.29, 1.82) is 0 Å². The van der Waals surface area contributed by atoms with Gasteiger partial charge < -0.3 is 13.7 Å². The maximum atomic E-state index is 6.75. The molecule has 0 atom stereocenters. The zero-order valence-electron chi connectivity index (χ0n) is 25.3. The monoisotopic (exact) mass is 584 g/mol. The lowest BCUT2D eigenvalue weighted by Crippen LogP contribution is -2.43. The minimum Gasteiger partial charge on any atom is -0.543 e. The van der Waals surface area contributed by atoms with Crippen molar-refractivity contribution in [1.82, 2.24) is 9.47 Å². The first-order chi connectivity index (χ1) is 19.7. The highest BCUT2D eigenvalue weighted by Crippen LogP contribution is 2.47. The summed E-state index contributed by atoms with van der Waals surface area (Å²) in [5.41, 5.74) is 6.66. The molecule has 0 radical (unpaired) electrons. The SMILES string of the molecule is CC(C)(C)[Si](C)(C)Oc1ccc2c(c1)c1c(n2Cc2ccc(OCCN3CCCCC3)cc2)-c2ccccc2SC1. The van der Waals surface area contributed by atoms with Crippen molar-refractivity contribution in [2.75, 3.05) is 26.2 Å². The largest absolute Gasteiger partial charge is 0.543 e. The van der Waals surface area contributed by atoms with Gasteiger partial charge in [-0.25, -0.2) is 0 Å². The molecule has 0 unspecified atom stereocenters. The normalized spacial score (nSPS) is 15.9. The van der Waals surface area contributed by atoms with E-state index in [1.54, 1.807) is 0 Å². The lowest BCUT2D eigenvalue weighted by Gasteiger charge is -2.36. The molecule has 0 aliphatic carbocycles. The van der Waals surface area contributed by atoms with Crippen LogP contribution in [0.15, 0.2) is 71.6 Å². The second-order valence-corrected chi connectivity index (χ2v) is 18.9. The molecule has 0 N–H and O–H groups in total. The third-order valence-corrected chi connectivity index (χ3v) is 14.7. The minimum absolute atomic E-state index is 0.158. The van der Waals surface area contributed by atoms with Gasteiger partial charge in [0.15, 0.2) is 0 Å². The lowest BCUT2D eigenvalue weighted by atomic mass is 10.1. The van der Waals surface area contributed by atoms with Crippen LogP contribution in [0.4, 0.5) is 0 Å². The molecule has 1 saturated heterocycles. The van der Waals surface area contributed by atoms with Crippen LogP contribution < -0.4 is 9.16 Å². The number of hydrogen-bond donors (Lipinski definition) is 0. The van der Waals surface area contributed by atoms with E-state index in [1.165, 1.54) is 70.5 Å². The van der Waals surface area contributed by atoms with E-state index in [0.29, 0.717) is 0 Å². The molecule has 0 bridgehead atoms. The number of aromatic nitrogens is 1. The fourth-order valence-corrected chi connectivity index (χ4v) is 7.93. The zero-order valence-corrected chi connectivity index (χ0v) is 27.2. The lowest BCUT2D eigenvalue weighted by molar-refractivity contribution is 0.183. The predicted octanol–water partition coefficient (Wildman–Crippen LogP) is 9.21. The average Bonchev–Trinajstić information content (AvgIpc) is 3.27. The summed E-state index contributed by atoms with van der Waals surface area (Å²) in [6.45, 7) is 16.6. The molecule has 216 valence electrons. The second-order valence-electron chi connectivity index (χ2n) is 13.1. The molecule has 4 nitrogen and oxygen atoms in total. The van der Waals surface area contributed by atoms with Crippen LogP contribution in [0.5, 0.6) is 11.5 Å². The predicted molar refractivity (Wildman–Crippen MR) is 176 cm³/mol. The van der Waals surface area contributed by atoms with Gasteiger partial charge in [0.1, 0.15) is 18.1 Å². The number of thioether (sulfide) groups is 1. The highest BCUT2D eigenvalue weighted by atomic mass is 32.2. The van der Waals surface area contributed by atoms with Crippen LogP contribution in [0.1, 0.15) is 51.2 Å². The zero-order chi connectivity index (χ0) is 28.6. The van der Waals surface area contributed by atoms with Gasteiger partial charge in [-0.2, -0.15) is 0 Å². The molecule has 2 aliphatic rings. The Labute approximate surface area is 251 Å². The number of hydrogen-bond acceptors (Lipinski definition) is 4. The standard InChI is InChI=1S/C35H44N2O2SSi/c1-35(2,3)41(4,5)39-28-17-18-32-30(23-28)31-25-40-33-12-8-7-11-29(33)34(31)37(32)24-26-13-15-27(16-14-26)38-22-21-36-19-9-6-10-20-36/h7-8,11-18,23H,6,9-10,19-22,24-25H2,1-5H3. The van der Waals surface area contributed by atoms with Crippen LogP contribution in [0.3, 0.4) is 0 Å². The molecule has 6 heteroatoms. The first kappa shape index (κ1) is 28.4. The van der Waals surface area contributed by atoms with E-state index in [2.05, 4.69) is 110 Å². The maximum absolute atomic E-state index is 6.75. The van der Waals surface area contributed by atoms with E-state index in [-0.39, 0.29) is 5.04 Å². The fourth-order valence-electron chi connectivity index (χ4n) is 5.82. The van der Waals surface area contributed by atoms with Crippen LogP contribution in [0.25, 0.3) is 22.2 Å². The number of fused-ring (bicyclic) bond motifs is 5. The van der Waals surface area contributed by atoms with Gasteiger partial charge in [-0.15, -0.1) is 11.8 Å². The fraction of sp³-hybridized carbons (Fsp3) is 0.429. The summed E-state index contributed by atoms with van der Waals surface area (Å²) in [5.74, 6) is 2.93. The highest BCUT2D eigenvalue weighted by molar-refractivity contribution is 7.98. The topological polar surface area (TPSA) is 26.6 Å². The quantitative estimate of drug-likeness (QED) is 0.193. The Balaban J connectivity index is 1.29. The van der Waals surface area contributed by atoms with Gasteiger partial charge in [0, 0.05) is 40.2 Å². The first-order valence-corrected chi connectivity index (χ1v) is 19.1. The summed E-state index contributed by atoms with van der Waals surface area (Å²) in [7, 11) is -1.93. The van der Waals surface area contributed by atoms with E-state index in [1.807, 2.05) is 11.8 Å². The van der Waals surface area contributed by atoms with Crippen molar-refractivity contribution in [3.8, 4) is 22.8 Å². The number of likely N-dealkylation sites (tertiary alicyclic amines) is 1. The Morgan fingerprint density at radius 2 is 1.61 bits per heavy atom. The number of rotatable bonds is 8. The van der Waals surface area contributed by atoms with Crippen molar-refractivity contribution in [2.24, 2.45) is 0 Å². The highest BCUT2D eigenvalue weighted by Gasteiger charge is 2.39. The molecule has 0 spiro atoms. The number of ether oxygens (including phenoxy) is 1. The van der Waals surface area contributed by atoms with Gasteiger partial charge in [0.05, 0.1) is 5.69 Å². The number of piperidine rings is 1. The molecule has 41 heavy (non-hydrogen) atoms. The first-order valence-electron chi connectivity index (χ1n) is 15.2. The summed E-state index contributed by atoms with van der Waals surface area (Å²) < 4.78 is 15.4. The summed E-state index contributed by atoms with van der Waals surface area (Å²) in [5, 5.41) is 1.47. The van der Waals surface area contributed by atoms with Crippen LogP contribution in [-0.4, -0.2) is 44.0 Å². The van der Waals surface area contributed by atoms with E-state index in [9.17, 15) is 0 Å². The third-order valence-electron chi connectivity index (χ3n) is 9.22. The Bertz CT molecular complexity index is 1510. The van der Waals surface area contributed by atoms with Gasteiger partial charge in [-0.3, -0.25) is 4.90 Å². The van der Waals surface area contributed by atoms with Gasteiger partial charge in [-0.1, -0.05) is 57.5 Å². The third kappa shape index (κ3) is 5.97. The summed E-state index contributed by atoms with van der Waals surface area (Å²) in [6, 6.07) is 24.4. The molecular weight excluding hydrogens is 541 g/mol. The Morgan fingerprint density at radius 3 is 2.37 bits per heavy atom. The van der Waals surface area contributed by atoms with E-state index >= 15 is 0 Å². The molecule has 3 heterocycles. The minimum atomic E-state index is -1.93. The summed E-state index contributed by atoms with van der Waals surface area (Å²) >= 11 is 1.94. The van der Waals surface area contributed by atoms with E-state index < -0.39 is 8.32 Å². The molecule has 1 fully saturated rings. The molecular formula is C35H44N2O2SSi. The molecule has 2 aliphatic heterocycles. The number of nitrogens with zero attached hydrogens (tertiary/aromatic N) is 2. The van der Waals surface area contributed by atoms with Gasteiger partial charge in [0.25, 0.3) is 0 Å². The van der Waals surface area contributed by atoms with Crippen molar-refractivity contribution < 1.29 is 9.16 Å². The van der Waals surface area contributed by atoms with Crippen molar-refractivity contribution in [3.05, 3.63) is 77.9 Å². The van der Waals surface area contributed by atoms with Crippen LogP contribution in [0, 0.1) is 0 Å². The summed E-state index contributed by atoms with van der Waals surface area (Å²) in [6.07, 6.45) is 4.01. The van der Waals surface area contributed by atoms with E-state index in [0.717, 1.165) is 36.9 Å². The Hall–Kier alpha value is -2.67. The van der Waals surface area contributed by atoms with Crippen LogP contribution in [0.2, 0.25) is 18.1 Å². The van der Waals surface area contributed by atoms with Crippen molar-refractivity contribution in [3.63, 3.8) is 0 Å². The molecule has 0 amide bonds. The van der Waals surface area contributed by atoms with Crippen LogP contribution in [-0.2, 0) is 12.3 Å². The van der Waals surface area contributed by atoms with Crippen molar-refractivity contribution in [2.45, 2.75) is 75.4 Å². The Morgan fingerprint density at radius 1 is 0.878 bits per heavy atom. The molecule has 4 aromatic rings. The molecule has 6 rings (SSSR count). The average molecular weight is 585 g/mol. The number of benzene rings is 3. The van der Waals surface area contributed by atoms with Gasteiger partial charge >= 0.3 is 0 Å². The summed E-state index contributed by atoms with van der Waals surface area (Å²) in [4.78, 5) is 3.89. The van der Waals surface area contributed by atoms with Crippen molar-refractivity contribution >= 4 is 31.0 Å². The Kier molecular flexibility index (Phi) is 8.01. The molecule has 0 saturated carbocycles. The molecule has 1 aromatic heterocycles. The molecule has 3 aromatic carbocycles. The van der Waals surface area contributed by atoms with Crippen LogP contribution >= 0.6 is 11.8 Å². The smallest absolute Gasteiger partial charge is 0.250 e. The maximum Gasteiger partial charge on any atom is 0.250 e. The second kappa shape index (κ2) is 11.5.